The van der Waals surface area contributed by atoms with Crippen molar-refractivity contribution < 1.29 is 24.9 Å². The number of aliphatic hydroxyl groups is 3. The Morgan fingerprint density at radius 1 is 1.36 bits per heavy atom. The lowest BCUT2D eigenvalue weighted by Gasteiger charge is -2.47. The summed E-state index contributed by atoms with van der Waals surface area (Å²) in [5.41, 5.74) is -1.03. The molecule has 0 amide bonds. The maximum atomic E-state index is 12.3. The largest absolute Gasteiger partial charge is 0.461 e. The minimum absolute atomic E-state index is 0.00161. The van der Waals surface area contributed by atoms with Crippen molar-refractivity contribution in [2.45, 2.75) is 66.1 Å². The van der Waals surface area contributed by atoms with E-state index in [0.29, 0.717) is 19.3 Å². The lowest BCUT2D eigenvalue weighted by atomic mass is 9.64. The Balaban J connectivity index is 2.97. The van der Waals surface area contributed by atoms with Crippen molar-refractivity contribution in [3.8, 4) is 0 Å². The zero-order valence-corrected chi connectivity index (χ0v) is 14.5. The van der Waals surface area contributed by atoms with Gasteiger partial charge in [0.1, 0.15) is 6.10 Å². The van der Waals surface area contributed by atoms with E-state index in [4.69, 9.17) is 4.74 Å². The molecule has 22 heavy (non-hydrogen) atoms. The van der Waals surface area contributed by atoms with Crippen LogP contribution in [0.4, 0.5) is 0 Å². The second kappa shape index (κ2) is 7.28. The molecule has 1 fully saturated rings. The molecular weight excluding hydrogens is 284 g/mol. The summed E-state index contributed by atoms with van der Waals surface area (Å²) in [6, 6.07) is 0. The van der Waals surface area contributed by atoms with Gasteiger partial charge in [-0.1, -0.05) is 13.8 Å². The van der Waals surface area contributed by atoms with Crippen molar-refractivity contribution in [2.75, 3.05) is 13.2 Å². The molecule has 3 N–H and O–H groups in total. The molecule has 1 saturated carbocycles. The Morgan fingerprint density at radius 2 is 1.95 bits per heavy atom. The standard InChI is InChI=1S/C17H32O5/c1-11(10-19)12-8-14(22-15(21)16(2,3)4)17(5,6-7-18)9-13(12)20/h11-14,18-20H,6-10H2,1-5H3/t11?,12-,13?,14+,17+/m1/s1. The first-order chi connectivity index (χ1) is 10.0. The Kier molecular flexibility index (Phi) is 6.42. The van der Waals surface area contributed by atoms with Gasteiger partial charge in [-0.25, -0.2) is 0 Å². The summed E-state index contributed by atoms with van der Waals surface area (Å²) in [5, 5.41) is 29.1. The van der Waals surface area contributed by atoms with Crippen LogP contribution in [0.1, 0.15) is 53.9 Å². The van der Waals surface area contributed by atoms with Crippen molar-refractivity contribution >= 4 is 5.97 Å². The summed E-state index contributed by atoms with van der Waals surface area (Å²) >= 11 is 0. The second-order valence-corrected chi connectivity index (χ2v) is 8.10. The van der Waals surface area contributed by atoms with Gasteiger partial charge in [0.25, 0.3) is 0 Å². The van der Waals surface area contributed by atoms with Gasteiger partial charge in [0.15, 0.2) is 0 Å². The Bertz CT molecular complexity index is 376. The van der Waals surface area contributed by atoms with Crippen LogP contribution >= 0.6 is 0 Å². The number of carbonyl (C=O) groups is 1. The minimum atomic E-state index is -0.589. The molecule has 5 atom stereocenters. The van der Waals surface area contributed by atoms with Crippen molar-refractivity contribution in [1.29, 1.82) is 0 Å². The van der Waals surface area contributed by atoms with E-state index in [-0.39, 0.29) is 37.1 Å². The van der Waals surface area contributed by atoms with Gasteiger partial charge in [0, 0.05) is 18.6 Å². The maximum Gasteiger partial charge on any atom is 0.311 e. The molecule has 130 valence electrons. The van der Waals surface area contributed by atoms with Gasteiger partial charge < -0.3 is 20.1 Å². The Morgan fingerprint density at radius 3 is 2.41 bits per heavy atom. The van der Waals surface area contributed by atoms with Crippen molar-refractivity contribution in [3.63, 3.8) is 0 Å². The molecule has 0 spiro atoms. The first kappa shape index (κ1) is 19.4. The third kappa shape index (κ3) is 4.43. The van der Waals surface area contributed by atoms with E-state index in [1.54, 1.807) is 0 Å². The van der Waals surface area contributed by atoms with Crippen LogP contribution in [-0.4, -0.2) is 46.7 Å². The molecule has 0 aromatic carbocycles. The molecule has 0 saturated heterocycles. The zero-order chi connectivity index (χ0) is 17.1. The number of carbonyl (C=O) groups excluding carboxylic acids is 1. The fourth-order valence-electron chi connectivity index (χ4n) is 3.21. The summed E-state index contributed by atoms with van der Waals surface area (Å²) in [4.78, 5) is 12.3. The van der Waals surface area contributed by atoms with Gasteiger partial charge in [-0.05, 0) is 51.9 Å². The van der Waals surface area contributed by atoms with E-state index >= 15 is 0 Å². The molecule has 0 aromatic heterocycles. The van der Waals surface area contributed by atoms with Crippen molar-refractivity contribution in [1.82, 2.24) is 0 Å². The number of rotatable bonds is 5. The Labute approximate surface area is 133 Å². The molecular formula is C17H32O5. The first-order valence-electron chi connectivity index (χ1n) is 8.16. The van der Waals surface area contributed by atoms with Crippen LogP contribution < -0.4 is 0 Å². The van der Waals surface area contributed by atoms with Gasteiger partial charge in [0.05, 0.1) is 11.5 Å². The maximum absolute atomic E-state index is 12.3. The molecule has 0 aromatic rings. The quantitative estimate of drug-likeness (QED) is 0.673. The molecule has 0 bridgehead atoms. The average molecular weight is 316 g/mol. The van der Waals surface area contributed by atoms with Gasteiger partial charge in [-0.2, -0.15) is 0 Å². The van der Waals surface area contributed by atoms with Gasteiger partial charge in [-0.15, -0.1) is 0 Å². The molecule has 5 heteroatoms. The van der Waals surface area contributed by atoms with E-state index in [0.717, 1.165) is 0 Å². The van der Waals surface area contributed by atoms with Gasteiger partial charge in [0.2, 0.25) is 0 Å². The molecule has 0 heterocycles. The fourth-order valence-corrected chi connectivity index (χ4v) is 3.21. The normalized spacial score (nSPS) is 34.3. The van der Waals surface area contributed by atoms with E-state index in [1.807, 2.05) is 34.6 Å². The number of ether oxygens (including phenoxy) is 1. The highest BCUT2D eigenvalue weighted by atomic mass is 16.5. The molecule has 1 aliphatic rings. The number of esters is 1. The predicted molar refractivity (Wildman–Crippen MR) is 84.1 cm³/mol. The number of hydrogen-bond acceptors (Lipinski definition) is 5. The van der Waals surface area contributed by atoms with Crippen molar-refractivity contribution in [3.05, 3.63) is 0 Å². The predicted octanol–water partition coefficient (Wildman–Crippen LogP) is 1.73. The average Bonchev–Trinajstić information content (AvgIpc) is 2.39. The van der Waals surface area contributed by atoms with Gasteiger partial charge in [-0.3, -0.25) is 4.79 Å². The van der Waals surface area contributed by atoms with Crippen LogP contribution in [-0.2, 0) is 9.53 Å². The third-order valence-electron chi connectivity index (χ3n) is 5.00. The number of hydrogen-bond donors (Lipinski definition) is 3. The van der Waals surface area contributed by atoms with Crippen LogP contribution in [0.2, 0.25) is 0 Å². The molecule has 1 aliphatic carbocycles. The summed E-state index contributed by atoms with van der Waals surface area (Å²) < 4.78 is 5.75. The highest BCUT2D eigenvalue weighted by Crippen LogP contribution is 2.45. The highest BCUT2D eigenvalue weighted by molar-refractivity contribution is 5.75. The minimum Gasteiger partial charge on any atom is -0.461 e. The monoisotopic (exact) mass is 316 g/mol. The topological polar surface area (TPSA) is 87.0 Å². The van der Waals surface area contributed by atoms with E-state index in [9.17, 15) is 20.1 Å². The second-order valence-electron chi connectivity index (χ2n) is 8.10. The van der Waals surface area contributed by atoms with Crippen LogP contribution in [0.5, 0.6) is 0 Å². The molecule has 0 aliphatic heterocycles. The molecule has 5 nitrogen and oxygen atoms in total. The first-order valence-corrected chi connectivity index (χ1v) is 8.16. The smallest absolute Gasteiger partial charge is 0.311 e. The number of aliphatic hydroxyl groups excluding tert-OH is 3. The van der Waals surface area contributed by atoms with E-state index < -0.39 is 16.9 Å². The van der Waals surface area contributed by atoms with Crippen molar-refractivity contribution in [2.24, 2.45) is 22.7 Å². The van der Waals surface area contributed by atoms with E-state index in [2.05, 4.69) is 0 Å². The summed E-state index contributed by atoms with van der Waals surface area (Å²) in [6.07, 6.45) is 0.551. The van der Waals surface area contributed by atoms with Crippen LogP contribution in [0.3, 0.4) is 0 Å². The van der Waals surface area contributed by atoms with Gasteiger partial charge >= 0.3 is 5.97 Å². The van der Waals surface area contributed by atoms with Crippen LogP contribution in [0.15, 0.2) is 0 Å². The zero-order valence-electron chi connectivity index (χ0n) is 14.5. The van der Waals surface area contributed by atoms with Crippen LogP contribution in [0.25, 0.3) is 0 Å². The fraction of sp³-hybridized carbons (Fsp3) is 0.941. The summed E-state index contributed by atoms with van der Waals surface area (Å²) in [6.45, 7) is 9.27. The lowest BCUT2D eigenvalue weighted by Crippen LogP contribution is -2.50. The lowest BCUT2D eigenvalue weighted by molar-refractivity contribution is -0.179. The Hall–Kier alpha value is -0.650. The summed E-state index contributed by atoms with van der Waals surface area (Å²) in [5.74, 6) is -0.424. The third-order valence-corrected chi connectivity index (χ3v) is 5.00. The molecule has 0 radical (unpaired) electrons. The highest BCUT2D eigenvalue weighted by Gasteiger charge is 2.48. The van der Waals surface area contributed by atoms with E-state index in [1.165, 1.54) is 0 Å². The molecule has 2 unspecified atom stereocenters. The van der Waals surface area contributed by atoms with Crippen LogP contribution in [0, 0.1) is 22.7 Å². The molecule has 1 rings (SSSR count). The SMILES string of the molecule is CC(CO)[C@H]1C[C@H](OC(=O)C(C)(C)C)[C@@](C)(CCO)CC1O. The summed E-state index contributed by atoms with van der Waals surface area (Å²) in [7, 11) is 0.